The number of carbonyl (C=O) groups excluding carboxylic acids is 1. The number of amides is 1. The number of hydrogen-bond donors (Lipinski definition) is 1. The SMILES string of the molecule is CN1CCN(C(=O)OC(C)(C)C)CC1c1csc(Nc2ccc(Cl)c(C(F)F)n2)n1. The van der Waals surface area contributed by atoms with Gasteiger partial charge in [-0.15, -0.1) is 11.3 Å². The predicted octanol–water partition coefficient (Wildman–Crippen LogP) is 5.10. The Bertz CT molecular complexity index is 905. The maximum absolute atomic E-state index is 13.0. The Hall–Kier alpha value is -2.04. The van der Waals surface area contributed by atoms with Crippen molar-refractivity contribution in [3.05, 3.63) is 33.9 Å². The molecule has 0 radical (unpaired) electrons. The number of rotatable bonds is 4. The van der Waals surface area contributed by atoms with Crippen LogP contribution in [-0.2, 0) is 4.74 Å². The number of anilines is 2. The second-order valence-electron chi connectivity index (χ2n) is 7.99. The van der Waals surface area contributed by atoms with Crippen molar-refractivity contribution in [1.29, 1.82) is 0 Å². The number of aromatic nitrogens is 2. The highest BCUT2D eigenvalue weighted by Crippen LogP contribution is 2.31. The van der Waals surface area contributed by atoms with E-state index in [2.05, 4.69) is 20.2 Å². The molecule has 1 unspecified atom stereocenters. The lowest BCUT2D eigenvalue weighted by Crippen LogP contribution is -2.50. The average molecular weight is 460 g/mol. The molecule has 0 aliphatic carbocycles. The van der Waals surface area contributed by atoms with Gasteiger partial charge in [0.15, 0.2) is 5.13 Å². The minimum Gasteiger partial charge on any atom is -0.444 e. The standard InChI is InChI=1S/C19H24ClF2N5O2S/c1-19(2,3)29-18(28)27-8-7-26(4)13(9-27)12-10-30-17(23-12)25-14-6-5-11(20)15(24-14)16(21)22/h5-6,10,13,16H,7-9H2,1-4H3,(H,23,24,25). The first-order valence-corrected chi connectivity index (χ1v) is 10.6. The van der Waals surface area contributed by atoms with Crippen LogP contribution in [0.4, 0.5) is 24.5 Å². The van der Waals surface area contributed by atoms with Gasteiger partial charge in [0.05, 0.1) is 16.8 Å². The quantitative estimate of drug-likeness (QED) is 0.686. The molecule has 11 heteroatoms. The van der Waals surface area contributed by atoms with Gasteiger partial charge in [-0.3, -0.25) is 4.90 Å². The highest BCUT2D eigenvalue weighted by atomic mass is 35.5. The van der Waals surface area contributed by atoms with Crippen molar-refractivity contribution in [2.24, 2.45) is 0 Å². The van der Waals surface area contributed by atoms with Crippen LogP contribution in [0.25, 0.3) is 0 Å². The van der Waals surface area contributed by atoms with Gasteiger partial charge >= 0.3 is 6.09 Å². The lowest BCUT2D eigenvalue weighted by Gasteiger charge is -2.39. The molecule has 3 heterocycles. The van der Waals surface area contributed by atoms with Crippen LogP contribution in [0, 0.1) is 0 Å². The van der Waals surface area contributed by atoms with Crippen LogP contribution in [0.3, 0.4) is 0 Å². The third kappa shape index (κ3) is 5.55. The molecule has 1 amide bonds. The zero-order chi connectivity index (χ0) is 22.1. The summed E-state index contributed by atoms with van der Waals surface area (Å²) in [7, 11) is 1.97. The molecule has 1 aliphatic rings. The molecule has 30 heavy (non-hydrogen) atoms. The lowest BCUT2D eigenvalue weighted by atomic mass is 10.1. The number of thiazole rings is 1. The number of carbonyl (C=O) groups is 1. The van der Waals surface area contributed by atoms with Gasteiger partial charge in [0, 0.05) is 25.0 Å². The van der Waals surface area contributed by atoms with E-state index in [1.165, 1.54) is 23.5 Å². The van der Waals surface area contributed by atoms with Crippen LogP contribution in [0.2, 0.25) is 5.02 Å². The van der Waals surface area contributed by atoms with Crippen LogP contribution < -0.4 is 5.32 Å². The Morgan fingerprint density at radius 2 is 2.07 bits per heavy atom. The van der Waals surface area contributed by atoms with Gasteiger partial charge in [0.2, 0.25) is 0 Å². The fourth-order valence-corrected chi connectivity index (χ4v) is 3.92. The Labute approximate surface area is 183 Å². The molecular weight excluding hydrogens is 436 g/mol. The Balaban J connectivity index is 1.71. The molecule has 1 N–H and O–H groups in total. The fourth-order valence-electron chi connectivity index (χ4n) is 2.97. The molecular formula is C19H24ClF2N5O2S. The van der Waals surface area contributed by atoms with E-state index in [1.54, 1.807) is 4.90 Å². The van der Waals surface area contributed by atoms with Crippen molar-refractivity contribution in [3.63, 3.8) is 0 Å². The molecule has 0 spiro atoms. The summed E-state index contributed by atoms with van der Waals surface area (Å²) in [5.74, 6) is 0.239. The van der Waals surface area contributed by atoms with Crippen LogP contribution in [-0.4, -0.2) is 58.1 Å². The van der Waals surface area contributed by atoms with Gasteiger partial charge in [0.25, 0.3) is 6.43 Å². The Kier molecular flexibility index (Phi) is 6.78. The predicted molar refractivity (Wildman–Crippen MR) is 113 cm³/mol. The molecule has 1 fully saturated rings. The molecule has 0 saturated carbocycles. The van der Waals surface area contributed by atoms with E-state index in [0.29, 0.717) is 24.8 Å². The van der Waals surface area contributed by atoms with Crippen LogP contribution in [0.15, 0.2) is 17.5 Å². The summed E-state index contributed by atoms with van der Waals surface area (Å²) in [6.45, 7) is 7.20. The summed E-state index contributed by atoms with van der Waals surface area (Å²) in [6.07, 6.45) is -3.11. The highest BCUT2D eigenvalue weighted by Gasteiger charge is 2.32. The van der Waals surface area contributed by atoms with Crippen molar-refractivity contribution in [2.45, 2.75) is 38.8 Å². The maximum atomic E-state index is 13.0. The first kappa shape index (κ1) is 22.6. The monoisotopic (exact) mass is 459 g/mol. The van der Waals surface area contributed by atoms with Gasteiger partial charge in [-0.1, -0.05) is 11.6 Å². The fraction of sp³-hybridized carbons (Fsp3) is 0.526. The molecule has 164 valence electrons. The molecule has 0 aromatic carbocycles. The van der Waals surface area contributed by atoms with E-state index >= 15 is 0 Å². The summed E-state index contributed by atoms with van der Waals surface area (Å²) >= 11 is 7.10. The summed E-state index contributed by atoms with van der Waals surface area (Å²) in [5, 5.41) is 5.26. The number of alkyl halides is 2. The summed E-state index contributed by atoms with van der Waals surface area (Å²) in [4.78, 5) is 24.7. The second-order valence-corrected chi connectivity index (χ2v) is 9.25. The number of nitrogens with one attached hydrogen (secondary N) is 1. The van der Waals surface area contributed by atoms with Gasteiger partial charge in [-0.2, -0.15) is 0 Å². The summed E-state index contributed by atoms with van der Waals surface area (Å²) in [5.41, 5.74) is -0.254. The molecule has 0 bridgehead atoms. The highest BCUT2D eigenvalue weighted by molar-refractivity contribution is 7.13. The largest absolute Gasteiger partial charge is 0.444 e. The molecule has 1 aliphatic heterocycles. The van der Waals surface area contributed by atoms with E-state index in [9.17, 15) is 13.6 Å². The first-order valence-electron chi connectivity index (χ1n) is 9.38. The van der Waals surface area contributed by atoms with Crippen LogP contribution >= 0.6 is 22.9 Å². The smallest absolute Gasteiger partial charge is 0.410 e. The van der Waals surface area contributed by atoms with Crippen molar-refractivity contribution < 1.29 is 18.3 Å². The third-order valence-corrected chi connectivity index (χ3v) is 5.57. The zero-order valence-electron chi connectivity index (χ0n) is 17.2. The third-order valence-electron chi connectivity index (χ3n) is 4.48. The molecule has 7 nitrogen and oxygen atoms in total. The van der Waals surface area contributed by atoms with E-state index in [0.717, 1.165) is 5.69 Å². The molecule has 1 atom stereocenters. The van der Waals surface area contributed by atoms with Crippen molar-refractivity contribution >= 4 is 40.0 Å². The summed E-state index contributed by atoms with van der Waals surface area (Å²) < 4.78 is 31.5. The number of piperazine rings is 1. The molecule has 2 aromatic heterocycles. The van der Waals surface area contributed by atoms with Crippen molar-refractivity contribution in [2.75, 3.05) is 32.0 Å². The Morgan fingerprint density at radius 3 is 2.73 bits per heavy atom. The van der Waals surface area contributed by atoms with Gasteiger partial charge in [-0.05, 0) is 40.0 Å². The number of nitrogens with zero attached hydrogens (tertiary/aromatic N) is 4. The van der Waals surface area contributed by atoms with Gasteiger partial charge in [0.1, 0.15) is 17.1 Å². The number of likely N-dealkylation sites (N-methyl/N-ethyl adjacent to an activating group) is 1. The number of halogens is 3. The lowest BCUT2D eigenvalue weighted by molar-refractivity contribution is 0.00706. The second kappa shape index (κ2) is 8.99. The van der Waals surface area contributed by atoms with Gasteiger partial charge < -0.3 is 15.0 Å². The minimum absolute atomic E-state index is 0.0820. The Morgan fingerprint density at radius 1 is 1.33 bits per heavy atom. The number of hydrogen-bond acceptors (Lipinski definition) is 7. The van der Waals surface area contributed by atoms with Crippen molar-refractivity contribution in [3.8, 4) is 0 Å². The number of pyridine rings is 1. The van der Waals surface area contributed by atoms with E-state index in [1.807, 2.05) is 33.2 Å². The maximum Gasteiger partial charge on any atom is 0.410 e. The summed E-state index contributed by atoms with van der Waals surface area (Å²) in [6, 6.07) is 2.79. The first-order chi connectivity index (χ1) is 14.0. The average Bonchev–Trinajstić information content (AvgIpc) is 3.10. The van der Waals surface area contributed by atoms with E-state index in [-0.39, 0.29) is 23.0 Å². The minimum atomic E-state index is -2.76. The normalized spacial score (nSPS) is 18.0. The zero-order valence-corrected chi connectivity index (χ0v) is 18.7. The molecule has 3 rings (SSSR count). The van der Waals surface area contributed by atoms with Crippen LogP contribution in [0.1, 0.15) is 44.6 Å². The van der Waals surface area contributed by atoms with E-state index < -0.39 is 17.7 Å². The number of ether oxygens (including phenoxy) is 1. The topological polar surface area (TPSA) is 70.6 Å². The van der Waals surface area contributed by atoms with Gasteiger partial charge in [-0.25, -0.2) is 23.5 Å². The molecule has 2 aromatic rings. The van der Waals surface area contributed by atoms with Crippen LogP contribution in [0.5, 0.6) is 0 Å². The molecule has 1 saturated heterocycles. The van der Waals surface area contributed by atoms with E-state index in [4.69, 9.17) is 16.3 Å². The van der Waals surface area contributed by atoms with Crippen molar-refractivity contribution in [1.82, 2.24) is 19.8 Å².